The van der Waals surface area contributed by atoms with Crippen molar-refractivity contribution in [2.45, 2.75) is 18.8 Å². The predicted molar refractivity (Wildman–Crippen MR) is 105 cm³/mol. The van der Waals surface area contributed by atoms with Crippen LogP contribution in [-0.4, -0.2) is 40.5 Å². The number of aromatic nitrogens is 2. The molecule has 0 atom stereocenters. The second kappa shape index (κ2) is 6.58. The average Bonchev–Trinajstić information content (AvgIpc) is 3.17. The molecule has 5 heteroatoms. The lowest BCUT2D eigenvalue weighted by Gasteiger charge is -2.32. The second-order valence-electron chi connectivity index (χ2n) is 7.20. The topological polar surface area (TPSA) is 58.2 Å². The molecule has 1 amide bonds. The molecule has 136 valence electrons. The summed E-state index contributed by atoms with van der Waals surface area (Å²) >= 11 is 0. The number of hydrogen-bond acceptors (Lipinski definition) is 3. The Morgan fingerprint density at radius 2 is 1.85 bits per heavy atom. The Balaban J connectivity index is 1.28. The summed E-state index contributed by atoms with van der Waals surface area (Å²) in [7, 11) is 0. The normalized spacial score (nSPS) is 17.3. The average molecular weight is 359 g/mol. The number of amides is 1. The molecule has 0 spiro atoms. The van der Waals surface area contributed by atoms with E-state index in [1.54, 1.807) is 0 Å². The van der Waals surface area contributed by atoms with Crippen LogP contribution in [0.25, 0.3) is 17.1 Å². The van der Waals surface area contributed by atoms with Crippen LogP contribution in [0.2, 0.25) is 0 Å². The SMILES string of the molecule is O=C(C1=Cc2ccccc2OC1)N1CCC(c2nc3ccccc3[nH]2)CC1. The molecule has 2 aliphatic heterocycles. The first kappa shape index (κ1) is 16.1. The molecule has 0 radical (unpaired) electrons. The van der Waals surface area contributed by atoms with Crippen molar-refractivity contribution in [1.82, 2.24) is 14.9 Å². The smallest absolute Gasteiger partial charge is 0.253 e. The number of benzene rings is 2. The molecule has 0 unspecified atom stereocenters. The molecular weight excluding hydrogens is 338 g/mol. The highest BCUT2D eigenvalue weighted by atomic mass is 16.5. The largest absolute Gasteiger partial charge is 0.488 e. The number of para-hydroxylation sites is 3. The third kappa shape index (κ3) is 2.99. The quantitative estimate of drug-likeness (QED) is 0.758. The predicted octanol–water partition coefficient (Wildman–Crippen LogP) is 3.74. The van der Waals surface area contributed by atoms with Gasteiger partial charge in [0.2, 0.25) is 0 Å². The van der Waals surface area contributed by atoms with Gasteiger partial charge in [0, 0.05) is 24.6 Å². The zero-order chi connectivity index (χ0) is 18.2. The van der Waals surface area contributed by atoms with E-state index in [2.05, 4.69) is 11.1 Å². The van der Waals surface area contributed by atoms with Crippen LogP contribution in [0.15, 0.2) is 54.1 Å². The van der Waals surface area contributed by atoms with Crippen LogP contribution in [0.4, 0.5) is 0 Å². The summed E-state index contributed by atoms with van der Waals surface area (Å²) in [4.78, 5) is 23.0. The molecule has 1 saturated heterocycles. The van der Waals surface area contributed by atoms with Crippen molar-refractivity contribution < 1.29 is 9.53 Å². The Bertz CT molecular complexity index is 996. The summed E-state index contributed by atoms with van der Waals surface area (Å²) < 4.78 is 5.74. The van der Waals surface area contributed by atoms with Crippen LogP contribution in [0, 0.1) is 0 Å². The maximum atomic E-state index is 12.9. The molecule has 2 aliphatic rings. The number of carbonyl (C=O) groups is 1. The van der Waals surface area contributed by atoms with Gasteiger partial charge in [0.25, 0.3) is 5.91 Å². The summed E-state index contributed by atoms with van der Waals surface area (Å²) in [5.74, 6) is 2.35. The Morgan fingerprint density at radius 1 is 1.07 bits per heavy atom. The number of piperidine rings is 1. The molecule has 5 rings (SSSR count). The van der Waals surface area contributed by atoms with Crippen LogP contribution in [0.3, 0.4) is 0 Å². The Kier molecular flexibility index (Phi) is 3.93. The molecule has 3 heterocycles. The fourth-order valence-corrected chi connectivity index (χ4v) is 3.96. The van der Waals surface area contributed by atoms with E-state index in [4.69, 9.17) is 9.72 Å². The summed E-state index contributed by atoms with van der Waals surface area (Å²) in [6.45, 7) is 1.85. The third-order valence-corrected chi connectivity index (χ3v) is 5.48. The highest BCUT2D eigenvalue weighted by molar-refractivity contribution is 5.99. The number of aromatic amines is 1. The minimum absolute atomic E-state index is 0.0903. The number of H-pyrrole nitrogens is 1. The van der Waals surface area contributed by atoms with E-state index < -0.39 is 0 Å². The van der Waals surface area contributed by atoms with Crippen LogP contribution < -0.4 is 4.74 Å². The van der Waals surface area contributed by atoms with Crippen LogP contribution in [0.1, 0.15) is 30.1 Å². The van der Waals surface area contributed by atoms with Crippen molar-refractivity contribution in [3.05, 3.63) is 65.5 Å². The van der Waals surface area contributed by atoms with E-state index in [1.165, 1.54) is 0 Å². The summed E-state index contributed by atoms with van der Waals surface area (Å²) in [6, 6.07) is 15.9. The van der Waals surface area contributed by atoms with Gasteiger partial charge in [-0.2, -0.15) is 0 Å². The third-order valence-electron chi connectivity index (χ3n) is 5.48. The van der Waals surface area contributed by atoms with Gasteiger partial charge in [0.15, 0.2) is 0 Å². The van der Waals surface area contributed by atoms with E-state index >= 15 is 0 Å². The van der Waals surface area contributed by atoms with Gasteiger partial charge >= 0.3 is 0 Å². The lowest BCUT2D eigenvalue weighted by molar-refractivity contribution is -0.128. The lowest BCUT2D eigenvalue weighted by atomic mass is 9.95. The van der Waals surface area contributed by atoms with Gasteiger partial charge in [-0.1, -0.05) is 30.3 Å². The summed E-state index contributed by atoms with van der Waals surface area (Å²) in [5.41, 5.74) is 3.79. The van der Waals surface area contributed by atoms with E-state index in [0.29, 0.717) is 12.5 Å². The van der Waals surface area contributed by atoms with E-state index in [9.17, 15) is 4.79 Å². The minimum atomic E-state index is 0.0903. The molecule has 1 aromatic heterocycles. The fraction of sp³-hybridized carbons (Fsp3) is 0.273. The van der Waals surface area contributed by atoms with Crippen molar-refractivity contribution in [1.29, 1.82) is 0 Å². The van der Waals surface area contributed by atoms with Crippen LogP contribution in [-0.2, 0) is 4.79 Å². The first-order valence-electron chi connectivity index (χ1n) is 9.44. The van der Waals surface area contributed by atoms with Crippen LogP contribution in [0.5, 0.6) is 5.75 Å². The van der Waals surface area contributed by atoms with Crippen molar-refractivity contribution in [3.63, 3.8) is 0 Å². The van der Waals surface area contributed by atoms with Gasteiger partial charge < -0.3 is 14.6 Å². The van der Waals surface area contributed by atoms with E-state index in [0.717, 1.165) is 59.7 Å². The molecule has 3 aromatic rings. The van der Waals surface area contributed by atoms with Crippen molar-refractivity contribution >= 4 is 23.0 Å². The summed E-state index contributed by atoms with van der Waals surface area (Å²) in [6.07, 6.45) is 3.82. The molecule has 0 saturated carbocycles. The summed E-state index contributed by atoms with van der Waals surface area (Å²) in [5, 5.41) is 0. The van der Waals surface area contributed by atoms with Gasteiger partial charge in [0.1, 0.15) is 18.2 Å². The zero-order valence-electron chi connectivity index (χ0n) is 15.0. The number of rotatable bonds is 2. The van der Waals surface area contributed by atoms with E-state index in [1.807, 2.05) is 53.4 Å². The molecular formula is C22H21N3O2. The van der Waals surface area contributed by atoms with Crippen molar-refractivity contribution in [3.8, 4) is 5.75 Å². The van der Waals surface area contributed by atoms with Gasteiger partial charge in [0.05, 0.1) is 16.6 Å². The minimum Gasteiger partial charge on any atom is -0.488 e. The number of nitrogens with zero attached hydrogens (tertiary/aromatic N) is 2. The van der Waals surface area contributed by atoms with Gasteiger partial charge in [-0.25, -0.2) is 4.98 Å². The van der Waals surface area contributed by atoms with Gasteiger partial charge in [-0.3, -0.25) is 4.79 Å². The number of likely N-dealkylation sites (tertiary alicyclic amines) is 1. The molecule has 0 bridgehead atoms. The number of carbonyl (C=O) groups excluding carboxylic acids is 1. The van der Waals surface area contributed by atoms with Crippen molar-refractivity contribution in [2.75, 3.05) is 19.7 Å². The van der Waals surface area contributed by atoms with Gasteiger partial charge in [-0.05, 0) is 37.1 Å². The first-order valence-corrected chi connectivity index (χ1v) is 9.44. The number of ether oxygens (including phenoxy) is 1. The Labute approximate surface area is 157 Å². The highest BCUT2D eigenvalue weighted by Gasteiger charge is 2.28. The molecule has 0 aliphatic carbocycles. The van der Waals surface area contributed by atoms with Gasteiger partial charge in [-0.15, -0.1) is 0 Å². The molecule has 1 fully saturated rings. The fourth-order valence-electron chi connectivity index (χ4n) is 3.96. The molecule has 27 heavy (non-hydrogen) atoms. The number of fused-ring (bicyclic) bond motifs is 2. The molecule has 1 N–H and O–H groups in total. The van der Waals surface area contributed by atoms with Crippen LogP contribution >= 0.6 is 0 Å². The number of nitrogens with one attached hydrogen (secondary N) is 1. The highest BCUT2D eigenvalue weighted by Crippen LogP contribution is 2.30. The second-order valence-corrected chi connectivity index (χ2v) is 7.20. The van der Waals surface area contributed by atoms with Crippen molar-refractivity contribution in [2.24, 2.45) is 0 Å². The molecule has 2 aromatic carbocycles. The maximum absolute atomic E-state index is 12.9. The number of imidazole rings is 1. The lowest BCUT2D eigenvalue weighted by Crippen LogP contribution is -2.40. The standard InChI is InChI=1S/C22H21N3O2/c26-22(17-13-16-5-1-4-8-20(16)27-14-17)25-11-9-15(10-12-25)21-23-18-6-2-3-7-19(18)24-21/h1-8,13,15H,9-12,14H2,(H,23,24). The first-order chi connectivity index (χ1) is 13.3. The maximum Gasteiger partial charge on any atom is 0.253 e. The van der Waals surface area contributed by atoms with E-state index in [-0.39, 0.29) is 5.91 Å². The number of hydrogen-bond donors (Lipinski definition) is 1. The monoisotopic (exact) mass is 359 g/mol. The molecule has 5 nitrogen and oxygen atoms in total. The Morgan fingerprint density at radius 3 is 2.70 bits per heavy atom. The zero-order valence-corrected chi connectivity index (χ0v) is 15.0. The Hall–Kier alpha value is -3.08.